The molecule has 3 rings (SSSR count). The van der Waals surface area contributed by atoms with E-state index < -0.39 is 23.8 Å². The zero-order valence-corrected chi connectivity index (χ0v) is 27.1. The molecule has 0 bridgehead atoms. The zero-order chi connectivity index (χ0) is 31.7. The number of rotatable bonds is 12. The number of amides is 3. The minimum atomic E-state index is -0.901. The first-order valence-electron chi connectivity index (χ1n) is 15.5. The largest absolute Gasteiger partial charge is 0.444 e. The van der Waals surface area contributed by atoms with Crippen LogP contribution in [-0.4, -0.2) is 41.0 Å². The minimum Gasteiger partial charge on any atom is -0.444 e. The van der Waals surface area contributed by atoms with Gasteiger partial charge in [0.2, 0.25) is 5.91 Å². The summed E-state index contributed by atoms with van der Waals surface area (Å²) < 4.78 is 5.50. The van der Waals surface area contributed by atoms with Gasteiger partial charge in [0.1, 0.15) is 17.7 Å². The van der Waals surface area contributed by atoms with Crippen LogP contribution in [0.1, 0.15) is 90.0 Å². The van der Waals surface area contributed by atoms with E-state index in [1.54, 1.807) is 25.7 Å². The number of unbranched alkanes of at least 4 members (excludes halogenated alkanes) is 3. The van der Waals surface area contributed by atoms with Crippen molar-refractivity contribution in [2.24, 2.45) is 5.92 Å². The summed E-state index contributed by atoms with van der Waals surface area (Å²) in [4.78, 5) is 43.3. The van der Waals surface area contributed by atoms with E-state index in [4.69, 9.17) is 4.74 Å². The number of ether oxygens (including phenoxy) is 1. The molecule has 0 heterocycles. The summed E-state index contributed by atoms with van der Waals surface area (Å²) >= 11 is 0. The van der Waals surface area contributed by atoms with Gasteiger partial charge in [0.05, 0.1) is 0 Å². The first kappa shape index (κ1) is 33.6. The van der Waals surface area contributed by atoms with Crippen LogP contribution < -0.4 is 10.6 Å². The number of aryl methyl sites for hydroxylation is 2. The Morgan fingerprint density at radius 3 is 2.23 bits per heavy atom. The predicted octanol–water partition coefficient (Wildman–Crippen LogP) is 8.09. The number of nitrogens with zero attached hydrogens (tertiary/aromatic N) is 1. The van der Waals surface area contributed by atoms with Crippen LogP contribution in [0.5, 0.6) is 0 Å². The molecule has 232 valence electrons. The zero-order valence-electron chi connectivity index (χ0n) is 27.1. The molecule has 0 fully saturated rings. The molecule has 3 aromatic rings. The Morgan fingerprint density at radius 1 is 0.884 bits per heavy atom. The Bertz CT molecular complexity index is 1410. The Hall–Kier alpha value is -3.87. The molecule has 0 aromatic heterocycles. The summed E-state index contributed by atoms with van der Waals surface area (Å²) in [5.41, 5.74) is 2.62. The number of alkyl carbamates (subject to hydrolysis) is 1. The number of fused-ring (bicyclic) bond motifs is 1. The number of hydrogen-bond acceptors (Lipinski definition) is 4. The van der Waals surface area contributed by atoms with Gasteiger partial charge in [-0.3, -0.25) is 9.59 Å². The molecule has 0 aliphatic rings. The molecular formula is C36H49N3O4. The minimum absolute atomic E-state index is 0.235. The lowest BCUT2D eigenvalue weighted by atomic mass is 9.94. The second-order valence-electron chi connectivity index (χ2n) is 12.8. The highest BCUT2D eigenvalue weighted by Gasteiger charge is 2.38. The van der Waals surface area contributed by atoms with Crippen LogP contribution in [0.3, 0.4) is 0 Å². The van der Waals surface area contributed by atoms with Crippen molar-refractivity contribution in [2.75, 3.05) is 11.9 Å². The smallest absolute Gasteiger partial charge is 0.408 e. The quantitative estimate of drug-likeness (QED) is 0.210. The van der Waals surface area contributed by atoms with Gasteiger partial charge in [0.15, 0.2) is 0 Å². The van der Waals surface area contributed by atoms with Gasteiger partial charge in [-0.2, -0.15) is 0 Å². The van der Waals surface area contributed by atoms with E-state index in [0.29, 0.717) is 12.2 Å². The topological polar surface area (TPSA) is 87.7 Å². The lowest BCUT2D eigenvalue weighted by molar-refractivity contribution is -0.141. The van der Waals surface area contributed by atoms with E-state index >= 15 is 0 Å². The van der Waals surface area contributed by atoms with Gasteiger partial charge < -0.3 is 20.3 Å². The van der Waals surface area contributed by atoms with Crippen LogP contribution in [0.15, 0.2) is 60.7 Å². The van der Waals surface area contributed by atoms with E-state index in [-0.39, 0.29) is 17.7 Å². The molecule has 0 saturated carbocycles. The molecule has 2 atom stereocenters. The molecular weight excluding hydrogens is 538 g/mol. The maximum atomic E-state index is 14.5. The molecule has 7 nitrogen and oxygen atoms in total. The number of nitrogens with one attached hydrogen (secondary N) is 2. The number of benzene rings is 3. The summed E-state index contributed by atoms with van der Waals surface area (Å²) in [6.07, 6.45) is 3.09. The monoisotopic (exact) mass is 587 g/mol. The molecule has 0 saturated heterocycles. The molecule has 0 aliphatic carbocycles. The first-order valence-corrected chi connectivity index (χ1v) is 15.5. The lowest BCUT2D eigenvalue weighted by Crippen LogP contribution is -2.54. The Morgan fingerprint density at radius 2 is 1.58 bits per heavy atom. The third-order valence-electron chi connectivity index (χ3n) is 7.45. The van der Waals surface area contributed by atoms with Gasteiger partial charge in [0.25, 0.3) is 5.91 Å². The van der Waals surface area contributed by atoms with Crippen molar-refractivity contribution in [2.45, 2.75) is 98.8 Å². The average Bonchev–Trinajstić information content (AvgIpc) is 2.93. The average molecular weight is 588 g/mol. The van der Waals surface area contributed by atoms with Gasteiger partial charge in [-0.1, -0.05) is 94.1 Å². The SMILES string of the molecule is CCCCCCN(C(=O)C(NC(=O)OC(C)(C)C)C(C)C)C(C(=O)Nc1ccc2ccccc2c1)c1cc(C)ccc1C. The Balaban J connectivity index is 2.07. The Labute approximate surface area is 257 Å². The standard InChI is InChI=1S/C36H49N3O4/c1-9-10-11-14-21-39(34(41)31(24(2)3)38-35(42)43-36(6,7)8)32(30-22-25(4)17-18-26(30)5)33(40)37-29-20-19-27-15-12-13-16-28(27)23-29/h12-13,15-20,22-24,31-32H,9-11,14,21H2,1-8H3,(H,37,40)(H,38,42). The highest BCUT2D eigenvalue weighted by molar-refractivity contribution is 6.00. The number of carbonyl (C=O) groups excluding carboxylic acids is 3. The fraction of sp³-hybridized carbons (Fsp3) is 0.472. The predicted molar refractivity (Wildman–Crippen MR) is 175 cm³/mol. The van der Waals surface area contributed by atoms with Crippen molar-refractivity contribution < 1.29 is 19.1 Å². The third kappa shape index (κ3) is 9.57. The Kier molecular flexibility index (Phi) is 11.8. The molecule has 3 aromatic carbocycles. The van der Waals surface area contributed by atoms with Gasteiger partial charge >= 0.3 is 6.09 Å². The molecule has 3 amide bonds. The second kappa shape index (κ2) is 15.0. The molecule has 0 radical (unpaired) electrons. The van der Waals surface area contributed by atoms with Crippen molar-refractivity contribution in [3.8, 4) is 0 Å². The van der Waals surface area contributed by atoms with Crippen LogP contribution in [0.4, 0.5) is 10.5 Å². The maximum absolute atomic E-state index is 14.5. The first-order chi connectivity index (χ1) is 20.3. The summed E-state index contributed by atoms with van der Waals surface area (Å²) in [6.45, 7) is 15.6. The van der Waals surface area contributed by atoms with E-state index in [1.165, 1.54) is 0 Å². The number of hydrogen-bond donors (Lipinski definition) is 2. The van der Waals surface area contributed by atoms with Crippen LogP contribution in [0.2, 0.25) is 0 Å². The van der Waals surface area contributed by atoms with Crippen LogP contribution >= 0.6 is 0 Å². The van der Waals surface area contributed by atoms with Gasteiger partial charge in [0, 0.05) is 12.2 Å². The summed E-state index contributed by atoms with van der Waals surface area (Å²) in [6, 6.07) is 18.0. The number of anilines is 1. The van der Waals surface area contributed by atoms with Crippen molar-refractivity contribution in [1.82, 2.24) is 10.2 Å². The highest BCUT2D eigenvalue weighted by Crippen LogP contribution is 2.30. The number of carbonyl (C=O) groups is 3. The van der Waals surface area contributed by atoms with Gasteiger partial charge in [-0.15, -0.1) is 0 Å². The van der Waals surface area contributed by atoms with Crippen molar-refractivity contribution >= 4 is 34.4 Å². The fourth-order valence-corrected chi connectivity index (χ4v) is 5.19. The van der Waals surface area contributed by atoms with Crippen LogP contribution in [0.25, 0.3) is 10.8 Å². The summed E-state index contributed by atoms with van der Waals surface area (Å²) in [7, 11) is 0. The summed E-state index contributed by atoms with van der Waals surface area (Å²) in [5.74, 6) is -0.842. The van der Waals surface area contributed by atoms with Gasteiger partial charge in [-0.25, -0.2) is 4.79 Å². The van der Waals surface area contributed by atoms with E-state index in [2.05, 4.69) is 17.6 Å². The second-order valence-corrected chi connectivity index (χ2v) is 12.8. The van der Waals surface area contributed by atoms with Crippen molar-refractivity contribution in [1.29, 1.82) is 0 Å². The summed E-state index contributed by atoms with van der Waals surface area (Å²) in [5, 5.41) is 8.01. The molecule has 2 unspecified atom stereocenters. The third-order valence-corrected chi connectivity index (χ3v) is 7.45. The van der Waals surface area contributed by atoms with Crippen molar-refractivity contribution in [3.05, 3.63) is 77.4 Å². The molecule has 0 spiro atoms. The molecule has 0 aliphatic heterocycles. The molecule has 7 heteroatoms. The highest BCUT2D eigenvalue weighted by atomic mass is 16.6. The van der Waals surface area contributed by atoms with E-state index in [9.17, 15) is 14.4 Å². The maximum Gasteiger partial charge on any atom is 0.408 e. The van der Waals surface area contributed by atoms with Gasteiger partial charge in [-0.05, 0) is 81.0 Å². The molecule has 43 heavy (non-hydrogen) atoms. The lowest BCUT2D eigenvalue weighted by Gasteiger charge is -2.36. The van der Waals surface area contributed by atoms with Crippen LogP contribution in [-0.2, 0) is 14.3 Å². The van der Waals surface area contributed by atoms with E-state index in [1.807, 2.05) is 88.4 Å². The van der Waals surface area contributed by atoms with Crippen LogP contribution in [0, 0.1) is 19.8 Å². The fourth-order valence-electron chi connectivity index (χ4n) is 5.19. The normalized spacial score (nSPS) is 13.0. The van der Waals surface area contributed by atoms with E-state index in [0.717, 1.165) is 53.1 Å². The molecule has 2 N–H and O–H groups in total. The van der Waals surface area contributed by atoms with Crippen molar-refractivity contribution in [3.63, 3.8) is 0 Å².